The fourth-order valence-corrected chi connectivity index (χ4v) is 8.40. The molecule has 2 aromatic heterocycles. The van der Waals surface area contributed by atoms with Crippen molar-refractivity contribution in [3.8, 4) is 0 Å². The van der Waals surface area contributed by atoms with Gasteiger partial charge in [0.05, 0.1) is 9.40 Å². The molecule has 0 N–H and O–H groups in total. The molecule has 0 aliphatic rings. The van der Waals surface area contributed by atoms with Crippen LogP contribution in [0.2, 0.25) is 0 Å². The highest BCUT2D eigenvalue weighted by atomic mass is 32.1. The van der Waals surface area contributed by atoms with Crippen LogP contribution in [-0.4, -0.2) is 0 Å². The standard InChI is InChI=1S/C42H28N2O2S2/c1-5-17-29(18-6-1)43(30-19-7-2-8-20-30)37-39-42(48-36-28-16-13-25-33(36)45-39)38(40-41(37)47-35-27-15-14-26-34(35)46-40)44(31-21-9-3-10-22-31)32-23-11-4-12-24-32/h1-28H. The summed E-state index contributed by atoms with van der Waals surface area (Å²) in [5.41, 5.74) is 9.19. The van der Waals surface area contributed by atoms with Crippen LogP contribution in [0.3, 0.4) is 0 Å². The molecule has 0 bridgehead atoms. The molecule has 9 rings (SSSR count). The average molecular weight is 657 g/mol. The number of nitrogens with zero attached hydrogens (tertiary/aromatic N) is 2. The molecule has 0 saturated heterocycles. The molecule has 0 aliphatic carbocycles. The van der Waals surface area contributed by atoms with Gasteiger partial charge < -0.3 is 18.6 Å². The Kier molecular flexibility index (Phi) is 7.15. The lowest BCUT2D eigenvalue weighted by molar-refractivity contribution is 0.656. The van der Waals surface area contributed by atoms with Gasteiger partial charge in [0.2, 0.25) is 0 Å². The normalized spacial score (nSPS) is 11.3. The maximum atomic E-state index is 7.09. The Bertz CT molecular complexity index is 2210. The van der Waals surface area contributed by atoms with Crippen LogP contribution in [-0.2, 0) is 0 Å². The molecule has 9 aromatic rings. The highest BCUT2D eigenvalue weighted by Gasteiger charge is 2.30. The third-order valence-electron chi connectivity index (χ3n) is 8.32. The van der Waals surface area contributed by atoms with E-state index in [1.165, 1.54) is 0 Å². The molecule has 4 nitrogen and oxygen atoms in total. The van der Waals surface area contributed by atoms with Crippen molar-refractivity contribution >= 4 is 97.9 Å². The predicted molar refractivity (Wildman–Crippen MR) is 204 cm³/mol. The molecule has 0 atom stereocenters. The van der Waals surface area contributed by atoms with Crippen LogP contribution in [0.4, 0.5) is 34.1 Å². The summed E-state index contributed by atoms with van der Waals surface area (Å²) in [5.74, 6) is 0. The molecule has 7 aromatic carbocycles. The number of hydrogen-bond acceptors (Lipinski definition) is 6. The summed E-state index contributed by atoms with van der Waals surface area (Å²) in [4.78, 5) is 4.60. The van der Waals surface area contributed by atoms with E-state index < -0.39 is 0 Å². The second-order valence-electron chi connectivity index (χ2n) is 11.3. The van der Waals surface area contributed by atoms with Crippen LogP contribution in [0.15, 0.2) is 179 Å². The topological polar surface area (TPSA) is 32.8 Å². The fourth-order valence-electron chi connectivity index (χ4n) is 6.22. The molecule has 0 aliphatic heterocycles. The molecule has 0 saturated carbocycles. The van der Waals surface area contributed by atoms with E-state index in [1.807, 2.05) is 12.1 Å². The zero-order valence-corrected chi connectivity index (χ0v) is 27.3. The van der Waals surface area contributed by atoms with E-state index in [4.69, 9.17) is 8.83 Å². The van der Waals surface area contributed by atoms with E-state index >= 15 is 0 Å². The molecule has 48 heavy (non-hydrogen) atoms. The highest BCUT2D eigenvalue weighted by Crippen LogP contribution is 2.54. The molecule has 0 spiro atoms. The van der Waals surface area contributed by atoms with Crippen LogP contribution in [0.5, 0.6) is 0 Å². The van der Waals surface area contributed by atoms with Crippen molar-refractivity contribution in [3.05, 3.63) is 170 Å². The van der Waals surface area contributed by atoms with E-state index in [0.717, 1.165) is 75.3 Å². The second kappa shape index (κ2) is 12.1. The summed E-state index contributed by atoms with van der Waals surface area (Å²) in [6.07, 6.45) is 0. The van der Waals surface area contributed by atoms with E-state index in [-0.39, 0.29) is 0 Å². The summed E-state index contributed by atoms with van der Waals surface area (Å²) in [6.45, 7) is 0. The number of hydrogen-bond donors (Lipinski definition) is 0. The van der Waals surface area contributed by atoms with Crippen LogP contribution >= 0.6 is 22.7 Å². The number of anilines is 6. The van der Waals surface area contributed by atoms with Gasteiger partial charge in [0, 0.05) is 22.7 Å². The number of fused-ring (bicyclic) bond motifs is 4. The van der Waals surface area contributed by atoms with Crippen molar-refractivity contribution in [1.82, 2.24) is 0 Å². The van der Waals surface area contributed by atoms with E-state index in [2.05, 4.69) is 168 Å². The molecular weight excluding hydrogens is 629 g/mol. The lowest BCUT2D eigenvalue weighted by Crippen LogP contribution is -2.14. The Hall–Kier alpha value is -5.82. The van der Waals surface area contributed by atoms with E-state index in [1.54, 1.807) is 22.7 Å². The summed E-state index contributed by atoms with van der Waals surface area (Å²) < 4.78 is 18.2. The number of rotatable bonds is 6. The van der Waals surface area contributed by atoms with Gasteiger partial charge in [0.1, 0.15) is 31.9 Å². The van der Waals surface area contributed by atoms with Crippen LogP contribution < -0.4 is 9.80 Å². The second-order valence-corrected chi connectivity index (χ2v) is 13.4. The minimum absolute atomic E-state index is 0.785. The minimum Gasteiger partial charge on any atom is -0.452 e. The minimum atomic E-state index is 0.785. The van der Waals surface area contributed by atoms with Gasteiger partial charge >= 0.3 is 0 Å². The van der Waals surface area contributed by atoms with Crippen molar-refractivity contribution in [1.29, 1.82) is 0 Å². The first-order valence-corrected chi connectivity index (χ1v) is 17.4. The van der Waals surface area contributed by atoms with Crippen LogP contribution in [0.1, 0.15) is 0 Å². The third kappa shape index (κ3) is 4.90. The lowest BCUT2D eigenvalue weighted by Gasteiger charge is -2.31. The summed E-state index contributed by atoms with van der Waals surface area (Å²) >= 11 is 3.44. The summed E-state index contributed by atoms with van der Waals surface area (Å²) in [5, 5.41) is 0. The fraction of sp³-hybridized carbons (Fsp3) is 0. The molecule has 0 fully saturated rings. The lowest BCUT2D eigenvalue weighted by atomic mass is 10.1. The van der Waals surface area contributed by atoms with Crippen molar-refractivity contribution in [2.24, 2.45) is 0 Å². The van der Waals surface area contributed by atoms with Crippen molar-refractivity contribution in [2.45, 2.75) is 0 Å². The summed E-state index contributed by atoms with van der Waals surface area (Å²) in [7, 11) is 0. The van der Waals surface area contributed by atoms with Crippen LogP contribution in [0, 0.1) is 0 Å². The van der Waals surface area contributed by atoms with Gasteiger partial charge in [-0.3, -0.25) is 0 Å². The molecule has 0 unspecified atom stereocenters. The molecular formula is C42H28N2O2S2. The maximum Gasteiger partial charge on any atom is 0.172 e. The first-order valence-electron chi connectivity index (χ1n) is 15.8. The Morgan fingerprint density at radius 2 is 0.625 bits per heavy atom. The smallest absolute Gasteiger partial charge is 0.172 e. The number of para-hydroxylation sites is 6. The first kappa shape index (κ1) is 28.4. The van der Waals surface area contributed by atoms with Gasteiger partial charge in [-0.25, -0.2) is 0 Å². The van der Waals surface area contributed by atoms with Gasteiger partial charge in [-0.15, -0.1) is 22.7 Å². The maximum absolute atomic E-state index is 7.09. The van der Waals surface area contributed by atoms with Gasteiger partial charge in [-0.1, -0.05) is 97.1 Å². The van der Waals surface area contributed by atoms with Crippen molar-refractivity contribution in [3.63, 3.8) is 0 Å². The molecule has 6 heteroatoms. The van der Waals surface area contributed by atoms with Crippen molar-refractivity contribution in [2.75, 3.05) is 9.80 Å². The van der Waals surface area contributed by atoms with E-state index in [9.17, 15) is 0 Å². The molecule has 0 amide bonds. The number of benzene rings is 7. The SMILES string of the molecule is c1ccc(N(c2ccccc2)c2c3oc4ccccc4sc3c(N(c3ccccc3)c3ccccc3)c3oc4ccccc4sc23)cc1. The van der Waals surface area contributed by atoms with Crippen LogP contribution in [0.25, 0.3) is 41.1 Å². The first-order chi connectivity index (χ1) is 23.8. The Balaban J connectivity index is 1.53. The molecule has 230 valence electrons. The molecule has 0 radical (unpaired) electrons. The van der Waals surface area contributed by atoms with Gasteiger partial charge in [0.15, 0.2) is 11.2 Å². The quantitative estimate of drug-likeness (QED) is 0.132. The Morgan fingerprint density at radius 1 is 0.333 bits per heavy atom. The van der Waals surface area contributed by atoms with Gasteiger partial charge in [0.25, 0.3) is 0 Å². The predicted octanol–water partition coefficient (Wildman–Crippen LogP) is 13.7. The Morgan fingerprint density at radius 3 is 0.958 bits per heavy atom. The van der Waals surface area contributed by atoms with Crippen molar-refractivity contribution < 1.29 is 8.83 Å². The highest BCUT2D eigenvalue weighted by molar-refractivity contribution is 7.26. The summed E-state index contributed by atoms with van der Waals surface area (Å²) in [6, 6.07) is 58.5. The zero-order valence-electron chi connectivity index (χ0n) is 25.7. The third-order valence-corrected chi connectivity index (χ3v) is 10.6. The molecule has 2 heterocycles. The average Bonchev–Trinajstić information content (AvgIpc) is 3.16. The zero-order chi connectivity index (χ0) is 31.9. The largest absolute Gasteiger partial charge is 0.452 e. The monoisotopic (exact) mass is 656 g/mol. The van der Waals surface area contributed by atoms with E-state index in [0.29, 0.717) is 0 Å². The van der Waals surface area contributed by atoms with Gasteiger partial charge in [-0.05, 0) is 72.8 Å². The van der Waals surface area contributed by atoms with Gasteiger partial charge in [-0.2, -0.15) is 0 Å². The Labute approximate surface area is 285 Å².